The van der Waals surface area contributed by atoms with E-state index in [0.29, 0.717) is 10.7 Å². The summed E-state index contributed by atoms with van der Waals surface area (Å²) >= 11 is 9.13. The maximum absolute atomic E-state index is 10.8. The van der Waals surface area contributed by atoms with Gasteiger partial charge in [-0.25, -0.2) is 9.79 Å². The minimum Gasteiger partial charge on any atom is -0.244 e. The predicted molar refractivity (Wildman–Crippen MR) is 55.8 cm³/mol. The Bertz CT molecular complexity index is 395. The van der Waals surface area contributed by atoms with Crippen molar-refractivity contribution in [2.24, 2.45) is 15.9 Å². The van der Waals surface area contributed by atoms with Crippen molar-refractivity contribution in [3.63, 3.8) is 0 Å². The predicted octanol–water partition coefficient (Wildman–Crippen LogP) is 2.66. The number of hydrogen-bond acceptors (Lipinski definition) is 1. The highest BCUT2D eigenvalue weighted by Crippen LogP contribution is 2.28. The molecule has 1 aliphatic heterocycles. The Morgan fingerprint density at radius 3 is 3.08 bits per heavy atom. The Morgan fingerprint density at radius 2 is 2.31 bits per heavy atom. The van der Waals surface area contributed by atoms with E-state index in [1.807, 2.05) is 6.08 Å². The number of carbonyl (C=O) groups excluding carboxylic acids is 1. The Hall–Kier alpha value is -0.740. The van der Waals surface area contributed by atoms with Crippen LogP contribution in [0.5, 0.6) is 0 Å². The van der Waals surface area contributed by atoms with Crippen molar-refractivity contribution in [2.45, 2.75) is 0 Å². The molecule has 2 aliphatic rings. The molecule has 1 heterocycles. The van der Waals surface area contributed by atoms with Crippen molar-refractivity contribution in [2.75, 3.05) is 0 Å². The van der Waals surface area contributed by atoms with Gasteiger partial charge in [-0.05, 0) is 22.0 Å². The molecule has 0 radical (unpaired) electrons. The van der Waals surface area contributed by atoms with Crippen molar-refractivity contribution in [1.82, 2.24) is 0 Å². The van der Waals surface area contributed by atoms with Crippen molar-refractivity contribution < 1.29 is 4.79 Å². The summed E-state index contributed by atoms with van der Waals surface area (Å²) in [5.74, 6) is -0.0328. The number of fused-ring (bicyclic) bond motifs is 1. The highest BCUT2D eigenvalue weighted by Gasteiger charge is 2.21. The maximum Gasteiger partial charge on any atom is 0.366 e. The number of halogens is 2. The van der Waals surface area contributed by atoms with Crippen LogP contribution in [0.4, 0.5) is 4.79 Å². The first-order chi connectivity index (χ1) is 6.16. The van der Waals surface area contributed by atoms with Gasteiger partial charge in [-0.3, -0.25) is 0 Å². The van der Waals surface area contributed by atoms with Crippen LogP contribution < -0.4 is 0 Å². The maximum atomic E-state index is 10.8. The summed E-state index contributed by atoms with van der Waals surface area (Å²) in [6.07, 6.45) is 5.09. The lowest BCUT2D eigenvalue weighted by molar-refractivity contribution is 0.257. The van der Waals surface area contributed by atoms with E-state index in [2.05, 4.69) is 25.9 Å². The quantitative estimate of drug-likeness (QED) is 0.659. The van der Waals surface area contributed by atoms with Gasteiger partial charge in [0.15, 0.2) is 0 Å². The molecule has 0 fully saturated rings. The largest absolute Gasteiger partial charge is 0.366 e. The van der Waals surface area contributed by atoms with Gasteiger partial charge in [0.2, 0.25) is 0 Å². The molecule has 0 saturated heterocycles. The SMILES string of the molecule is O=C1N=CC2C=C(Br)C(Cl)=CC2=N1. The van der Waals surface area contributed by atoms with Gasteiger partial charge in [-0.15, -0.1) is 0 Å². The number of urea groups is 1. The zero-order chi connectivity index (χ0) is 9.42. The van der Waals surface area contributed by atoms with Crippen LogP contribution in [0, 0.1) is 5.92 Å². The Labute approximate surface area is 88.0 Å². The van der Waals surface area contributed by atoms with E-state index >= 15 is 0 Å². The van der Waals surface area contributed by atoms with Gasteiger partial charge in [-0.1, -0.05) is 17.7 Å². The highest BCUT2D eigenvalue weighted by atomic mass is 79.9. The number of allylic oxidation sites excluding steroid dienone is 4. The number of carbonyl (C=O) groups is 1. The van der Waals surface area contributed by atoms with Gasteiger partial charge in [0.05, 0.1) is 16.7 Å². The van der Waals surface area contributed by atoms with Crippen LogP contribution >= 0.6 is 27.5 Å². The zero-order valence-corrected chi connectivity index (χ0v) is 8.71. The third kappa shape index (κ3) is 1.64. The molecule has 0 aromatic rings. The molecule has 1 aliphatic carbocycles. The van der Waals surface area contributed by atoms with Crippen LogP contribution in [0.1, 0.15) is 0 Å². The summed E-state index contributed by atoms with van der Waals surface area (Å²) < 4.78 is 0.805. The van der Waals surface area contributed by atoms with Crippen LogP contribution in [0.3, 0.4) is 0 Å². The first-order valence-electron chi connectivity index (χ1n) is 3.58. The topological polar surface area (TPSA) is 41.8 Å². The number of nitrogens with zero attached hydrogens (tertiary/aromatic N) is 2. The van der Waals surface area contributed by atoms with Gasteiger partial charge >= 0.3 is 6.03 Å². The fraction of sp³-hybridized carbons (Fsp3) is 0.125. The smallest absolute Gasteiger partial charge is 0.244 e. The van der Waals surface area contributed by atoms with E-state index in [0.717, 1.165) is 4.48 Å². The second-order valence-electron chi connectivity index (χ2n) is 2.63. The minimum atomic E-state index is -0.474. The van der Waals surface area contributed by atoms with Crippen molar-refractivity contribution in [3.05, 3.63) is 21.7 Å². The van der Waals surface area contributed by atoms with Crippen LogP contribution in [-0.4, -0.2) is 18.0 Å². The molecule has 0 aromatic carbocycles. The molecule has 3 nitrogen and oxygen atoms in total. The summed E-state index contributed by atoms with van der Waals surface area (Å²) in [7, 11) is 0. The first-order valence-corrected chi connectivity index (χ1v) is 4.75. The fourth-order valence-electron chi connectivity index (χ4n) is 1.13. The molecular formula is C8H4BrClN2O. The monoisotopic (exact) mass is 258 g/mol. The van der Waals surface area contributed by atoms with Crippen molar-refractivity contribution >= 4 is 45.5 Å². The third-order valence-corrected chi connectivity index (χ3v) is 2.97. The molecule has 0 saturated carbocycles. The van der Waals surface area contributed by atoms with Crippen LogP contribution in [0.2, 0.25) is 0 Å². The normalized spacial score (nSPS) is 26.2. The molecule has 66 valence electrons. The molecule has 1 atom stereocenters. The van der Waals surface area contributed by atoms with Crippen LogP contribution in [-0.2, 0) is 0 Å². The summed E-state index contributed by atoms with van der Waals surface area (Å²) in [4.78, 5) is 18.1. The third-order valence-electron chi connectivity index (χ3n) is 1.74. The van der Waals surface area contributed by atoms with E-state index in [4.69, 9.17) is 11.6 Å². The molecule has 0 spiro atoms. The molecule has 2 rings (SSSR count). The Morgan fingerprint density at radius 1 is 1.54 bits per heavy atom. The molecule has 0 aromatic heterocycles. The highest BCUT2D eigenvalue weighted by molar-refractivity contribution is 9.12. The van der Waals surface area contributed by atoms with Gasteiger partial charge in [-0.2, -0.15) is 4.99 Å². The second-order valence-corrected chi connectivity index (χ2v) is 3.89. The molecule has 13 heavy (non-hydrogen) atoms. The lowest BCUT2D eigenvalue weighted by atomic mass is 9.99. The number of hydrogen-bond donors (Lipinski definition) is 0. The summed E-state index contributed by atoms with van der Waals surface area (Å²) in [6.45, 7) is 0. The second kappa shape index (κ2) is 3.20. The average molecular weight is 259 g/mol. The van der Waals surface area contributed by atoms with Gasteiger partial charge in [0, 0.05) is 10.7 Å². The average Bonchev–Trinajstić information content (AvgIpc) is 2.08. The lowest BCUT2D eigenvalue weighted by Crippen LogP contribution is -2.20. The van der Waals surface area contributed by atoms with E-state index in [1.54, 1.807) is 12.3 Å². The van der Waals surface area contributed by atoms with Crippen molar-refractivity contribution in [1.29, 1.82) is 0 Å². The van der Waals surface area contributed by atoms with Gasteiger partial charge in [0.1, 0.15) is 0 Å². The van der Waals surface area contributed by atoms with E-state index < -0.39 is 6.03 Å². The number of amides is 2. The first kappa shape index (κ1) is 8.84. The van der Waals surface area contributed by atoms with Crippen LogP contribution in [0.25, 0.3) is 0 Å². The lowest BCUT2D eigenvalue weighted by Gasteiger charge is -2.16. The van der Waals surface area contributed by atoms with Gasteiger partial charge < -0.3 is 0 Å². The zero-order valence-electron chi connectivity index (χ0n) is 6.37. The number of aliphatic imine (C=N–C) groups is 2. The summed E-state index contributed by atoms with van der Waals surface area (Å²) in [6, 6.07) is -0.474. The molecule has 0 bridgehead atoms. The van der Waals surface area contributed by atoms with E-state index in [1.165, 1.54) is 0 Å². The summed E-state index contributed by atoms with van der Waals surface area (Å²) in [5.41, 5.74) is 0.646. The molecule has 0 N–H and O–H groups in total. The molecule has 2 amide bonds. The molecular weight excluding hydrogens is 255 g/mol. The van der Waals surface area contributed by atoms with Crippen molar-refractivity contribution in [3.8, 4) is 0 Å². The molecule has 5 heteroatoms. The van der Waals surface area contributed by atoms with E-state index in [-0.39, 0.29) is 5.92 Å². The van der Waals surface area contributed by atoms with E-state index in [9.17, 15) is 4.79 Å². The van der Waals surface area contributed by atoms with Crippen LogP contribution in [0.15, 0.2) is 31.7 Å². The van der Waals surface area contributed by atoms with Gasteiger partial charge in [0.25, 0.3) is 0 Å². The molecule has 1 unspecified atom stereocenters. The standard InChI is InChI=1S/C8H4BrClN2O/c9-5-1-4-3-11-8(13)12-7(4)2-6(5)10/h1-4H. The minimum absolute atomic E-state index is 0.0328. The number of rotatable bonds is 0. The summed E-state index contributed by atoms with van der Waals surface area (Å²) in [5, 5.41) is 0.554. The fourth-order valence-corrected chi connectivity index (χ4v) is 1.70. The Kier molecular flexibility index (Phi) is 2.17. The Balaban J connectivity index is 2.43.